The lowest BCUT2D eigenvalue weighted by Gasteiger charge is -2.37. The molecule has 32 heavy (non-hydrogen) atoms. The predicted octanol–water partition coefficient (Wildman–Crippen LogP) is 2.11. The Morgan fingerprint density at radius 3 is 2.19 bits per heavy atom. The van der Waals surface area contributed by atoms with Gasteiger partial charge in [-0.2, -0.15) is 0 Å². The van der Waals surface area contributed by atoms with Crippen molar-refractivity contribution in [2.45, 2.75) is 65.0 Å². The maximum absolute atomic E-state index is 12.4. The highest BCUT2D eigenvalue weighted by Crippen LogP contribution is 2.10. The summed E-state index contributed by atoms with van der Waals surface area (Å²) >= 11 is 0. The van der Waals surface area contributed by atoms with Crippen LogP contribution in [-0.2, 0) is 9.53 Å². The van der Waals surface area contributed by atoms with Crippen molar-refractivity contribution in [3.8, 4) is 0 Å². The highest BCUT2D eigenvalue weighted by atomic mass is 127. The van der Waals surface area contributed by atoms with Crippen LogP contribution in [0, 0.1) is 0 Å². The molecule has 0 spiro atoms. The van der Waals surface area contributed by atoms with Gasteiger partial charge in [0.2, 0.25) is 5.91 Å². The van der Waals surface area contributed by atoms with Crippen molar-refractivity contribution in [2.75, 3.05) is 59.4 Å². The zero-order chi connectivity index (χ0) is 22.9. The molecule has 2 amide bonds. The Bertz CT molecular complexity index is 611. The van der Waals surface area contributed by atoms with Crippen LogP contribution in [0.2, 0.25) is 0 Å². The first-order valence-electron chi connectivity index (χ1n) is 11.7. The van der Waals surface area contributed by atoms with Gasteiger partial charge in [0, 0.05) is 58.9 Å². The monoisotopic (exact) mass is 566 g/mol. The molecule has 0 saturated carbocycles. The van der Waals surface area contributed by atoms with Crippen molar-refractivity contribution in [2.24, 2.45) is 4.99 Å². The van der Waals surface area contributed by atoms with E-state index in [1.165, 1.54) is 0 Å². The van der Waals surface area contributed by atoms with Crippen LogP contribution in [-0.4, -0.2) is 104 Å². The normalized spacial score (nSPS) is 18.7. The molecule has 9 nitrogen and oxygen atoms in total. The largest absolute Gasteiger partial charge is 0.444 e. The number of likely N-dealkylation sites (tertiary alicyclic amines) is 1. The quantitative estimate of drug-likeness (QED) is 0.279. The number of rotatable bonds is 7. The molecular weight excluding hydrogens is 523 g/mol. The molecule has 0 aromatic heterocycles. The maximum atomic E-state index is 12.4. The number of nitrogens with zero attached hydrogens (tertiary/aromatic N) is 4. The predicted molar refractivity (Wildman–Crippen MR) is 139 cm³/mol. The third-order valence-corrected chi connectivity index (χ3v) is 5.57. The summed E-state index contributed by atoms with van der Waals surface area (Å²) in [5.41, 5.74) is -0.514. The van der Waals surface area contributed by atoms with Crippen LogP contribution >= 0.6 is 24.0 Å². The Morgan fingerprint density at radius 1 is 1.03 bits per heavy atom. The number of nitrogens with one attached hydrogen (secondary N) is 2. The Labute approximate surface area is 210 Å². The van der Waals surface area contributed by atoms with Crippen LogP contribution in [0.25, 0.3) is 0 Å². The minimum absolute atomic E-state index is 0. The summed E-state index contributed by atoms with van der Waals surface area (Å²) in [7, 11) is 1.78. The van der Waals surface area contributed by atoms with Gasteiger partial charge in [-0.3, -0.25) is 14.7 Å². The molecule has 0 aliphatic carbocycles. The Hall–Kier alpha value is -1.30. The van der Waals surface area contributed by atoms with Crippen molar-refractivity contribution in [1.82, 2.24) is 25.3 Å². The average molecular weight is 567 g/mol. The van der Waals surface area contributed by atoms with E-state index in [1.807, 2.05) is 25.7 Å². The molecule has 2 aliphatic rings. The van der Waals surface area contributed by atoms with Crippen LogP contribution in [0.5, 0.6) is 0 Å². The second-order valence-electron chi connectivity index (χ2n) is 9.41. The SMILES string of the molecule is CCCC(CNC(=NC)N1CCN(CC(=O)N2CCCC2)CC1)NC(=O)OC(C)(C)C.I. The Kier molecular flexibility index (Phi) is 12.6. The van der Waals surface area contributed by atoms with Crippen molar-refractivity contribution in [3.05, 3.63) is 0 Å². The van der Waals surface area contributed by atoms with Gasteiger partial charge in [-0.25, -0.2) is 4.79 Å². The minimum Gasteiger partial charge on any atom is -0.444 e. The second-order valence-corrected chi connectivity index (χ2v) is 9.41. The van der Waals surface area contributed by atoms with E-state index in [4.69, 9.17) is 4.74 Å². The van der Waals surface area contributed by atoms with E-state index in [0.717, 1.165) is 70.9 Å². The summed E-state index contributed by atoms with van der Waals surface area (Å²) in [6.07, 6.45) is 3.69. The molecule has 186 valence electrons. The Balaban J connectivity index is 0.00000512. The summed E-state index contributed by atoms with van der Waals surface area (Å²) in [6.45, 7) is 13.9. The fourth-order valence-electron chi connectivity index (χ4n) is 3.97. The number of hydrogen-bond acceptors (Lipinski definition) is 5. The van der Waals surface area contributed by atoms with Gasteiger partial charge >= 0.3 is 6.09 Å². The van der Waals surface area contributed by atoms with Gasteiger partial charge < -0.3 is 25.2 Å². The van der Waals surface area contributed by atoms with E-state index in [-0.39, 0.29) is 42.0 Å². The van der Waals surface area contributed by atoms with Crippen molar-refractivity contribution in [1.29, 1.82) is 0 Å². The van der Waals surface area contributed by atoms with E-state index in [0.29, 0.717) is 13.1 Å². The summed E-state index contributed by atoms with van der Waals surface area (Å²) < 4.78 is 5.39. The van der Waals surface area contributed by atoms with Crippen molar-refractivity contribution in [3.63, 3.8) is 0 Å². The van der Waals surface area contributed by atoms with Crippen molar-refractivity contribution >= 4 is 41.9 Å². The van der Waals surface area contributed by atoms with E-state index >= 15 is 0 Å². The highest BCUT2D eigenvalue weighted by Gasteiger charge is 2.25. The molecule has 1 unspecified atom stereocenters. The van der Waals surface area contributed by atoms with E-state index in [1.54, 1.807) is 7.05 Å². The van der Waals surface area contributed by atoms with Gasteiger partial charge in [-0.05, 0) is 40.0 Å². The van der Waals surface area contributed by atoms with Crippen LogP contribution in [0.3, 0.4) is 0 Å². The summed E-state index contributed by atoms with van der Waals surface area (Å²) in [5.74, 6) is 1.08. The first kappa shape index (κ1) is 28.7. The third kappa shape index (κ3) is 10.1. The molecule has 2 fully saturated rings. The lowest BCUT2D eigenvalue weighted by Crippen LogP contribution is -2.55. The van der Waals surface area contributed by atoms with Gasteiger partial charge in [-0.15, -0.1) is 24.0 Å². The number of alkyl carbamates (subject to hydrolysis) is 1. The Morgan fingerprint density at radius 2 is 1.66 bits per heavy atom. The standard InChI is InChI=1S/C22H42N6O3.HI/c1-6-9-18(25-21(30)31-22(2,3)4)16-24-20(23-5)28-14-12-26(13-15-28)17-19(29)27-10-7-8-11-27;/h18H,6-17H2,1-5H3,(H,23,24)(H,25,30);1H. The molecule has 0 radical (unpaired) electrons. The summed E-state index contributed by atoms with van der Waals surface area (Å²) in [4.78, 5) is 35.4. The number of carbonyl (C=O) groups excluding carboxylic acids is 2. The number of halogens is 1. The minimum atomic E-state index is -0.514. The molecule has 2 N–H and O–H groups in total. The number of hydrogen-bond donors (Lipinski definition) is 2. The zero-order valence-electron chi connectivity index (χ0n) is 20.5. The lowest BCUT2D eigenvalue weighted by molar-refractivity contribution is -0.131. The number of guanidine groups is 1. The summed E-state index contributed by atoms with van der Waals surface area (Å²) in [5, 5.41) is 6.37. The first-order valence-corrected chi connectivity index (χ1v) is 11.7. The number of amides is 2. The van der Waals surface area contributed by atoms with Gasteiger partial charge in [-0.1, -0.05) is 13.3 Å². The van der Waals surface area contributed by atoms with E-state index < -0.39 is 5.60 Å². The number of carbonyl (C=O) groups is 2. The molecule has 0 bridgehead atoms. The van der Waals surface area contributed by atoms with E-state index in [9.17, 15) is 9.59 Å². The maximum Gasteiger partial charge on any atom is 0.407 e. The van der Waals surface area contributed by atoms with Gasteiger partial charge in [0.05, 0.1) is 6.54 Å². The zero-order valence-corrected chi connectivity index (χ0v) is 22.8. The number of ether oxygens (including phenoxy) is 1. The molecular formula is C22H43IN6O3. The molecule has 1 atom stereocenters. The van der Waals surface area contributed by atoms with Crippen LogP contribution in [0.15, 0.2) is 4.99 Å². The first-order chi connectivity index (χ1) is 14.7. The summed E-state index contributed by atoms with van der Waals surface area (Å²) in [6, 6.07) is -0.0315. The molecule has 2 rings (SSSR count). The van der Waals surface area contributed by atoms with Crippen LogP contribution < -0.4 is 10.6 Å². The fraction of sp³-hybridized carbons (Fsp3) is 0.864. The lowest BCUT2D eigenvalue weighted by atomic mass is 10.1. The highest BCUT2D eigenvalue weighted by molar-refractivity contribution is 14.0. The van der Waals surface area contributed by atoms with Gasteiger partial charge in [0.15, 0.2) is 5.96 Å². The molecule has 2 heterocycles. The van der Waals surface area contributed by atoms with Gasteiger partial charge in [0.25, 0.3) is 0 Å². The van der Waals surface area contributed by atoms with E-state index in [2.05, 4.69) is 32.3 Å². The number of piperazine rings is 1. The molecule has 0 aromatic carbocycles. The fourth-order valence-corrected chi connectivity index (χ4v) is 3.97. The average Bonchev–Trinajstić information content (AvgIpc) is 3.23. The smallest absolute Gasteiger partial charge is 0.407 e. The third-order valence-electron chi connectivity index (χ3n) is 5.57. The molecule has 0 aromatic rings. The topological polar surface area (TPSA) is 89.5 Å². The molecule has 2 aliphatic heterocycles. The van der Waals surface area contributed by atoms with Crippen LogP contribution in [0.1, 0.15) is 53.4 Å². The van der Waals surface area contributed by atoms with Gasteiger partial charge in [0.1, 0.15) is 5.60 Å². The molecule has 10 heteroatoms. The second kappa shape index (κ2) is 14.1. The number of aliphatic imine (C=N–C) groups is 1. The van der Waals surface area contributed by atoms with Crippen LogP contribution in [0.4, 0.5) is 4.79 Å². The molecule has 2 saturated heterocycles. The van der Waals surface area contributed by atoms with Crippen molar-refractivity contribution < 1.29 is 14.3 Å².